The molecule has 0 fully saturated rings. The summed E-state index contributed by atoms with van der Waals surface area (Å²) < 4.78 is 15.6. The van der Waals surface area contributed by atoms with Gasteiger partial charge in [-0.2, -0.15) is 0 Å². The van der Waals surface area contributed by atoms with Crippen molar-refractivity contribution in [2.75, 3.05) is 45.1 Å². The maximum Gasteiger partial charge on any atom is 0.193 e. The maximum atomic E-state index is 6.00. The van der Waals surface area contributed by atoms with Gasteiger partial charge in [-0.3, -0.25) is 0 Å². The van der Waals surface area contributed by atoms with Crippen LogP contribution < -0.4 is 25.8 Å². The zero-order valence-corrected chi connectivity index (χ0v) is 15.4. The molecule has 4 N–H and O–H groups in total. The molecular weight excluding hydrogens is 332 g/mol. The Hall–Kier alpha value is -2.93. The summed E-state index contributed by atoms with van der Waals surface area (Å²) in [5.41, 5.74) is 8.80. The number of hydrogen-bond acceptors (Lipinski definition) is 5. The summed E-state index contributed by atoms with van der Waals surface area (Å²) in [6.07, 6.45) is 0. The van der Waals surface area contributed by atoms with Crippen LogP contribution in [0.4, 0.5) is 11.4 Å². The van der Waals surface area contributed by atoms with Gasteiger partial charge in [0.05, 0.1) is 33.1 Å². The molecular formula is C19H26N4O3. The fourth-order valence-electron chi connectivity index (χ4n) is 2.29. The first-order chi connectivity index (χ1) is 12.7. The number of nitrogens with one attached hydrogen (secondary N) is 2. The quantitative estimate of drug-likeness (QED) is 0.363. The predicted octanol–water partition coefficient (Wildman–Crippen LogP) is 2.69. The lowest BCUT2D eigenvalue weighted by Gasteiger charge is -2.12. The van der Waals surface area contributed by atoms with E-state index in [9.17, 15) is 0 Å². The van der Waals surface area contributed by atoms with Gasteiger partial charge in [0.1, 0.15) is 11.5 Å². The van der Waals surface area contributed by atoms with Crippen LogP contribution >= 0.6 is 0 Å². The van der Waals surface area contributed by atoms with E-state index in [0.29, 0.717) is 36.3 Å². The lowest BCUT2D eigenvalue weighted by molar-refractivity contribution is 0.211. The van der Waals surface area contributed by atoms with Crippen molar-refractivity contribution < 1.29 is 14.2 Å². The molecule has 7 nitrogen and oxygen atoms in total. The summed E-state index contributed by atoms with van der Waals surface area (Å²) in [7, 11) is 4.89. The summed E-state index contributed by atoms with van der Waals surface area (Å²) in [6, 6.07) is 13.5. The normalized spacial score (nSPS) is 11.1. The zero-order chi connectivity index (χ0) is 18.8. The third-order valence-electron chi connectivity index (χ3n) is 3.69. The van der Waals surface area contributed by atoms with Gasteiger partial charge in [-0.25, -0.2) is 4.99 Å². The Balaban J connectivity index is 1.96. The largest absolute Gasteiger partial charge is 0.497 e. The zero-order valence-electron chi connectivity index (χ0n) is 15.4. The molecule has 0 aromatic heterocycles. The minimum Gasteiger partial charge on any atom is -0.497 e. The van der Waals surface area contributed by atoms with Crippen molar-refractivity contribution >= 4 is 17.3 Å². The maximum absolute atomic E-state index is 6.00. The second-order valence-electron chi connectivity index (χ2n) is 5.51. The van der Waals surface area contributed by atoms with Crippen molar-refractivity contribution in [3.05, 3.63) is 48.0 Å². The van der Waals surface area contributed by atoms with Crippen molar-refractivity contribution in [1.29, 1.82) is 0 Å². The first-order valence-corrected chi connectivity index (χ1v) is 8.27. The summed E-state index contributed by atoms with van der Waals surface area (Å²) in [5.74, 6) is 1.67. The SMILES string of the molecule is COCCNc1ccc(CN=C(N)Nc2cc(OC)ccc2OC)cc1. The monoisotopic (exact) mass is 358 g/mol. The number of guanidine groups is 1. The number of nitrogens with two attached hydrogens (primary N) is 1. The molecule has 26 heavy (non-hydrogen) atoms. The van der Waals surface area contributed by atoms with Crippen molar-refractivity contribution in [3.8, 4) is 11.5 Å². The first-order valence-electron chi connectivity index (χ1n) is 8.27. The van der Waals surface area contributed by atoms with Gasteiger partial charge < -0.3 is 30.6 Å². The molecule has 2 rings (SSSR count). The van der Waals surface area contributed by atoms with E-state index in [-0.39, 0.29) is 0 Å². The van der Waals surface area contributed by atoms with E-state index in [4.69, 9.17) is 19.9 Å². The molecule has 2 aromatic rings. The molecule has 0 amide bonds. The van der Waals surface area contributed by atoms with Gasteiger partial charge in [0.15, 0.2) is 5.96 Å². The van der Waals surface area contributed by atoms with Gasteiger partial charge >= 0.3 is 0 Å². The van der Waals surface area contributed by atoms with Gasteiger partial charge in [-0.05, 0) is 29.8 Å². The second-order valence-corrected chi connectivity index (χ2v) is 5.51. The molecule has 0 saturated heterocycles. The number of anilines is 2. The summed E-state index contributed by atoms with van der Waals surface area (Å²) in [4.78, 5) is 4.37. The standard InChI is InChI=1S/C19H26N4O3/c1-24-11-10-21-15-6-4-14(5-7-15)13-22-19(20)23-17-12-16(25-2)8-9-18(17)26-3/h4-9,12,21H,10-11,13H2,1-3H3,(H3,20,22,23). The highest BCUT2D eigenvalue weighted by Crippen LogP contribution is 2.28. The van der Waals surface area contributed by atoms with Crippen molar-refractivity contribution in [1.82, 2.24) is 0 Å². The first kappa shape index (κ1) is 19.4. The Morgan fingerprint density at radius 1 is 1.04 bits per heavy atom. The average molecular weight is 358 g/mol. The Bertz CT molecular complexity index is 717. The van der Waals surface area contributed by atoms with E-state index in [0.717, 1.165) is 17.8 Å². The van der Waals surface area contributed by atoms with Gasteiger partial charge in [-0.15, -0.1) is 0 Å². The molecule has 0 radical (unpaired) electrons. The van der Waals surface area contributed by atoms with Crippen LogP contribution in [0.5, 0.6) is 11.5 Å². The number of aliphatic imine (C=N–C) groups is 1. The Kier molecular flexibility index (Phi) is 7.57. The summed E-state index contributed by atoms with van der Waals surface area (Å²) in [5, 5.41) is 6.32. The Labute approximate surface area is 154 Å². The van der Waals surface area contributed by atoms with Gasteiger partial charge in [0, 0.05) is 25.4 Å². The average Bonchev–Trinajstić information content (AvgIpc) is 2.67. The van der Waals surface area contributed by atoms with Crippen molar-refractivity contribution in [2.24, 2.45) is 10.7 Å². The van der Waals surface area contributed by atoms with E-state index in [2.05, 4.69) is 15.6 Å². The molecule has 7 heteroatoms. The molecule has 0 unspecified atom stereocenters. The number of nitrogens with zero attached hydrogens (tertiary/aromatic N) is 1. The van der Waals surface area contributed by atoms with Crippen LogP contribution in [0, 0.1) is 0 Å². The van der Waals surface area contributed by atoms with E-state index in [1.54, 1.807) is 21.3 Å². The Morgan fingerprint density at radius 2 is 1.81 bits per heavy atom. The van der Waals surface area contributed by atoms with Gasteiger partial charge in [0.25, 0.3) is 0 Å². The van der Waals surface area contributed by atoms with Crippen molar-refractivity contribution in [3.63, 3.8) is 0 Å². The van der Waals surface area contributed by atoms with Crippen LogP contribution in [0.25, 0.3) is 0 Å². The fourth-order valence-corrected chi connectivity index (χ4v) is 2.29. The highest BCUT2D eigenvalue weighted by molar-refractivity contribution is 5.94. The third-order valence-corrected chi connectivity index (χ3v) is 3.69. The third kappa shape index (κ3) is 5.86. The van der Waals surface area contributed by atoms with Crippen molar-refractivity contribution in [2.45, 2.75) is 6.54 Å². The molecule has 0 bridgehead atoms. The van der Waals surface area contributed by atoms with Crippen LogP contribution in [0.3, 0.4) is 0 Å². The van der Waals surface area contributed by atoms with E-state index in [1.807, 2.05) is 42.5 Å². The smallest absolute Gasteiger partial charge is 0.193 e. The van der Waals surface area contributed by atoms with E-state index >= 15 is 0 Å². The molecule has 2 aromatic carbocycles. The minimum atomic E-state index is 0.304. The number of ether oxygens (including phenoxy) is 3. The van der Waals surface area contributed by atoms with E-state index in [1.165, 1.54) is 0 Å². The molecule has 0 heterocycles. The number of rotatable bonds is 9. The fraction of sp³-hybridized carbons (Fsp3) is 0.316. The highest BCUT2D eigenvalue weighted by Gasteiger charge is 2.06. The minimum absolute atomic E-state index is 0.304. The predicted molar refractivity (Wildman–Crippen MR) is 105 cm³/mol. The van der Waals surface area contributed by atoms with Gasteiger partial charge in [0.2, 0.25) is 0 Å². The molecule has 0 aliphatic rings. The molecule has 140 valence electrons. The van der Waals surface area contributed by atoms with Crippen LogP contribution in [0.15, 0.2) is 47.5 Å². The summed E-state index contributed by atoms with van der Waals surface area (Å²) >= 11 is 0. The topological polar surface area (TPSA) is 90.1 Å². The van der Waals surface area contributed by atoms with Gasteiger partial charge in [-0.1, -0.05) is 12.1 Å². The highest BCUT2D eigenvalue weighted by atomic mass is 16.5. The lowest BCUT2D eigenvalue weighted by Crippen LogP contribution is -2.23. The van der Waals surface area contributed by atoms with E-state index < -0.39 is 0 Å². The number of methoxy groups -OCH3 is 3. The molecule has 0 aliphatic heterocycles. The van der Waals surface area contributed by atoms with Crippen LogP contribution in [-0.2, 0) is 11.3 Å². The lowest BCUT2D eigenvalue weighted by atomic mass is 10.2. The number of benzene rings is 2. The second kappa shape index (κ2) is 10.1. The number of hydrogen-bond donors (Lipinski definition) is 3. The van der Waals surface area contributed by atoms with Crippen LogP contribution in [-0.4, -0.2) is 40.4 Å². The molecule has 0 saturated carbocycles. The molecule has 0 spiro atoms. The van der Waals surface area contributed by atoms with Crippen LogP contribution in [0.2, 0.25) is 0 Å². The van der Waals surface area contributed by atoms with Crippen LogP contribution in [0.1, 0.15) is 5.56 Å². The molecule has 0 atom stereocenters. The Morgan fingerprint density at radius 3 is 2.46 bits per heavy atom. The molecule has 0 aliphatic carbocycles. The summed E-state index contributed by atoms with van der Waals surface area (Å²) in [6.45, 7) is 1.92.